The Bertz CT molecular complexity index is 582. The lowest BCUT2D eigenvalue weighted by molar-refractivity contribution is -0.120. The lowest BCUT2D eigenvalue weighted by Gasteiger charge is -2.28. The van der Waals surface area contributed by atoms with E-state index in [0.717, 1.165) is 41.8 Å². The average Bonchev–Trinajstić information content (AvgIpc) is 2.76. The number of benzene rings is 1. The van der Waals surface area contributed by atoms with Gasteiger partial charge in [-0.05, 0) is 37.8 Å². The van der Waals surface area contributed by atoms with E-state index in [4.69, 9.17) is 10.5 Å². The number of nitrogens with one attached hydrogen (secondary N) is 1. The van der Waals surface area contributed by atoms with Crippen LogP contribution in [-0.4, -0.2) is 18.1 Å². The second-order valence-electron chi connectivity index (χ2n) is 6.27. The molecule has 2 aliphatic rings. The minimum absolute atomic E-state index is 0.0433. The molecule has 20 heavy (non-hydrogen) atoms. The van der Waals surface area contributed by atoms with E-state index in [9.17, 15) is 4.79 Å². The molecule has 2 heterocycles. The molecule has 0 aromatic heterocycles. The SMILES string of the molecule is CCC1Cc2c(c(C)cc3c2OC(C)(CN)C3)NC1=O. The summed E-state index contributed by atoms with van der Waals surface area (Å²) in [4.78, 5) is 12.1. The van der Waals surface area contributed by atoms with Gasteiger partial charge in [0.25, 0.3) is 0 Å². The number of hydrogen-bond acceptors (Lipinski definition) is 3. The van der Waals surface area contributed by atoms with Gasteiger partial charge in [0.1, 0.15) is 11.4 Å². The van der Waals surface area contributed by atoms with Crippen LogP contribution in [0.2, 0.25) is 0 Å². The number of aryl methyl sites for hydroxylation is 1. The van der Waals surface area contributed by atoms with Crippen LogP contribution in [0.5, 0.6) is 5.75 Å². The van der Waals surface area contributed by atoms with Crippen LogP contribution in [0.25, 0.3) is 0 Å². The molecule has 1 aromatic rings. The standard InChI is InChI=1S/C16H22N2O2/c1-4-10-6-12-13(18-15(10)19)9(2)5-11-7-16(3,8-17)20-14(11)12/h5,10H,4,6-8,17H2,1-3H3,(H,18,19). The van der Waals surface area contributed by atoms with E-state index in [2.05, 4.69) is 18.3 Å². The Kier molecular flexibility index (Phi) is 3.01. The Morgan fingerprint density at radius 3 is 2.95 bits per heavy atom. The highest BCUT2D eigenvalue weighted by Crippen LogP contribution is 2.45. The van der Waals surface area contributed by atoms with Crippen LogP contribution in [0, 0.1) is 12.8 Å². The van der Waals surface area contributed by atoms with E-state index in [0.29, 0.717) is 6.54 Å². The summed E-state index contributed by atoms with van der Waals surface area (Å²) in [5.41, 5.74) is 9.97. The first-order valence-electron chi connectivity index (χ1n) is 7.32. The van der Waals surface area contributed by atoms with Crippen molar-refractivity contribution < 1.29 is 9.53 Å². The van der Waals surface area contributed by atoms with Crippen molar-refractivity contribution in [3.8, 4) is 5.75 Å². The van der Waals surface area contributed by atoms with Crippen LogP contribution >= 0.6 is 0 Å². The van der Waals surface area contributed by atoms with Crippen LogP contribution < -0.4 is 15.8 Å². The Hall–Kier alpha value is -1.55. The smallest absolute Gasteiger partial charge is 0.227 e. The molecule has 3 N–H and O–H groups in total. The predicted molar refractivity (Wildman–Crippen MR) is 79.1 cm³/mol. The molecule has 0 bridgehead atoms. The van der Waals surface area contributed by atoms with Crippen molar-refractivity contribution in [2.75, 3.05) is 11.9 Å². The summed E-state index contributed by atoms with van der Waals surface area (Å²) in [6, 6.07) is 2.13. The first-order chi connectivity index (χ1) is 9.47. The zero-order valence-corrected chi connectivity index (χ0v) is 12.4. The van der Waals surface area contributed by atoms with Crippen LogP contribution in [0.15, 0.2) is 6.07 Å². The highest BCUT2D eigenvalue weighted by atomic mass is 16.5. The molecule has 2 unspecified atom stereocenters. The Balaban J connectivity index is 2.09. The van der Waals surface area contributed by atoms with Crippen molar-refractivity contribution in [1.82, 2.24) is 0 Å². The van der Waals surface area contributed by atoms with Gasteiger partial charge in [-0.15, -0.1) is 0 Å². The minimum Gasteiger partial charge on any atom is -0.485 e. The zero-order valence-electron chi connectivity index (χ0n) is 12.4. The third-order valence-electron chi connectivity index (χ3n) is 4.56. The first-order valence-corrected chi connectivity index (χ1v) is 7.32. The first kappa shape index (κ1) is 13.4. The number of amides is 1. The van der Waals surface area contributed by atoms with Gasteiger partial charge in [0, 0.05) is 24.4 Å². The third kappa shape index (κ3) is 1.90. The average molecular weight is 274 g/mol. The van der Waals surface area contributed by atoms with Crippen LogP contribution in [0.1, 0.15) is 37.0 Å². The van der Waals surface area contributed by atoms with Crippen molar-refractivity contribution in [2.45, 2.75) is 45.6 Å². The number of rotatable bonds is 2. The van der Waals surface area contributed by atoms with Crippen molar-refractivity contribution in [3.63, 3.8) is 0 Å². The van der Waals surface area contributed by atoms with Gasteiger partial charge in [-0.3, -0.25) is 4.79 Å². The maximum atomic E-state index is 12.1. The monoisotopic (exact) mass is 274 g/mol. The molecule has 1 aromatic carbocycles. The summed E-state index contributed by atoms with van der Waals surface area (Å²) in [6.07, 6.45) is 2.46. The summed E-state index contributed by atoms with van der Waals surface area (Å²) >= 11 is 0. The van der Waals surface area contributed by atoms with Crippen molar-refractivity contribution in [3.05, 3.63) is 22.8 Å². The number of ether oxygens (including phenoxy) is 1. The van der Waals surface area contributed by atoms with Crippen molar-refractivity contribution >= 4 is 11.6 Å². The lowest BCUT2D eigenvalue weighted by Crippen LogP contribution is -2.39. The molecule has 4 nitrogen and oxygen atoms in total. The molecule has 0 radical (unpaired) electrons. The summed E-state index contributed by atoms with van der Waals surface area (Å²) in [5.74, 6) is 1.13. The summed E-state index contributed by atoms with van der Waals surface area (Å²) < 4.78 is 6.15. The highest BCUT2D eigenvalue weighted by molar-refractivity contribution is 5.97. The number of anilines is 1. The van der Waals surface area contributed by atoms with Crippen LogP contribution in [0.4, 0.5) is 5.69 Å². The maximum absolute atomic E-state index is 12.1. The topological polar surface area (TPSA) is 64.3 Å². The molecule has 2 atom stereocenters. The summed E-state index contributed by atoms with van der Waals surface area (Å²) in [7, 11) is 0. The van der Waals surface area contributed by atoms with Gasteiger partial charge in [0.2, 0.25) is 5.91 Å². The van der Waals surface area contributed by atoms with E-state index in [1.807, 2.05) is 13.8 Å². The number of carbonyl (C=O) groups is 1. The number of hydrogen-bond donors (Lipinski definition) is 2. The largest absolute Gasteiger partial charge is 0.485 e. The van der Waals surface area contributed by atoms with Crippen LogP contribution in [-0.2, 0) is 17.6 Å². The van der Waals surface area contributed by atoms with E-state index in [-0.39, 0.29) is 17.4 Å². The van der Waals surface area contributed by atoms with Gasteiger partial charge in [0.05, 0.1) is 5.69 Å². The molecular weight excluding hydrogens is 252 g/mol. The Morgan fingerprint density at radius 1 is 1.55 bits per heavy atom. The molecule has 0 saturated carbocycles. The van der Waals surface area contributed by atoms with E-state index in [1.165, 1.54) is 5.56 Å². The second-order valence-corrected chi connectivity index (χ2v) is 6.27. The summed E-state index contributed by atoms with van der Waals surface area (Å²) in [5, 5.41) is 3.05. The van der Waals surface area contributed by atoms with Crippen LogP contribution in [0.3, 0.4) is 0 Å². The molecule has 108 valence electrons. The fourth-order valence-corrected chi connectivity index (χ4v) is 3.26. The maximum Gasteiger partial charge on any atom is 0.227 e. The van der Waals surface area contributed by atoms with E-state index < -0.39 is 0 Å². The molecular formula is C16H22N2O2. The molecule has 1 amide bonds. The van der Waals surface area contributed by atoms with Gasteiger partial charge >= 0.3 is 0 Å². The number of carbonyl (C=O) groups excluding carboxylic acids is 1. The zero-order chi connectivity index (χ0) is 14.5. The Morgan fingerprint density at radius 2 is 2.30 bits per heavy atom. The fraction of sp³-hybridized carbons (Fsp3) is 0.562. The normalized spacial score (nSPS) is 27.6. The van der Waals surface area contributed by atoms with Gasteiger partial charge in [-0.25, -0.2) is 0 Å². The molecule has 2 aliphatic heterocycles. The molecule has 0 aliphatic carbocycles. The molecule has 0 spiro atoms. The Labute approximate surface area is 119 Å². The highest BCUT2D eigenvalue weighted by Gasteiger charge is 2.38. The van der Waals surface area contributed by atoms with E-state index >= 15 is 0 Å². The number of fused-ring (bicyclic) bond motifs is 3. The van der Waals surface area contributed by atoms with Crippen molar-refractivity contribution in [1.29, 1.82) is 0 Å². The van der Waals surface area contributed by atoms with Gasteiger partial charge in [0.15, 0.2) is 0 Å². The predicted octanol–water partition coefficient (Wildman–Crippen LogP) is 2.17. The van der Waals surface area contributed by atoms with Gasteiger partial charge < -0.3 is 15.8 Å². The molecule has 0 saturated heterocycles. The van der Waals surface area contributed by atoms with Crippen molar-refractivity contribution in [2.24, 2.45) is 11.7 Å². The molecule has 3 rings (SSSR count). The quantitative estimate of drug-likeness (QED) is 0.868. The number of nitrogens with two attached hydrogens (primary N) is 1. The second kappa shape index (κ2) is 4.48. The lowest BCUT2D eigenvalue weighted by atomic mass is 9.87. The third-order valence-corrected chi connectivity index (χ3v) is 4.56. The van der Waals surface area contributed by atoms with Gasteiger partial charge in [-0.2, -0.15) is 0 Å². The summed E-state index contributed by atoms with van der Waals surface area (Å²) in [6.45, 7) is 6.65. The van der Waals surface area contributed by atoms with E-state index in [1.54, 1.807) is 0 Å². The molecule has 4 heteroatoms. The van der Waals surface area contributed by atoms with Gasteiger partial charge in [-0.1, -0.05) is 13.0 Å². The fourth-order valence-electron chi connectivity index (χ4n) is 3.26. The minimum atomic E-state index is -0.312. The molecule has 0 fully saturated rings.